The predicted octanol–water partition coefficient (Wildman–Crippen LogP) is 3.70. The maximum Gasteiger partial charge on any atom is 0.237 e. The summed E-state index contributed by atoms with van der Waals surface area (Å²) in [7, 11) is 0. The van der Waals surface area contributed by atoms with Crippen LogP contribution in [0.5, 0.6) is 0 Å². The number of aromatic nitrogens is 1. The van der Waals surface area contributed by atoms with Gasteiger partial charge in [0.25, 0.3) is 0 Å². The standard InChI is InChI=1S/C23H27N3O/c1-17(26-14-12-20(16-26)18-7-3-2-4-8-18)23(27)24-13-11-19-15-25-22-10-6-5-9-21(19)22/h2-10,15,17,20,25H,11-14,16H2,1H3,(H,24,27). The van der Waals surface area contributed by atoms with Crippen molar-refractivity contribution in [1.82, 2.24) is 15.2 Å². The van der Waals surface area contributed by atoms with Crippen LogP contribution < -0.4 is 5.32 Å². The summed E-state index contributed by atoms with van der Waals surface area (Å²) in [6, 6.07) is 18.8. The Kier molecular flexibility index (Phi) is 5.26. The molecule has 4 nitrogen and oxygen atoms in total. The Labute approximate surface area is 160 Å². The van der Waals surface area contributed by atoms with Crippen molar-refractivity contribution in [2.75, 3.05) is 19.6 Å². The van der Waals surface area contributed by atoms with Gasteiger partial charge in [0, 0.05) is 30.2 Å². The Morgan fingerprint density at radius 1 is 1.19 bits per heavy atom. The van der Waals surface area contributed by atoms with Crippen LogP contribution in [0.2, 0.25) is 0 Å². The molecule has 2 heterocycles. The van der Waals surface area contributed by atoms with Crippen molar-refractivity contribution in [2.45, 2.75) is 31.7 Å². The zero-order chi connectivity index (χ0) is 18.6. The van der Waals surface area contributed by atoms with Gasteiger partial charge in [-0.3, -0.25) is 9.69 Å². The Hall–Kier alpha value is -2.59. The molecular weight excluding hydrogens is 334 g/mol. The molecule has 140 valence electrons. The van der Waals surface area contributed by atoms with E-state index in [4.69, 9.17) is 0 Å². The average Bonchev–Trinajstić information content (AvgIpc) is 3.36. The second-order valence-corrected chi connectivity index (χ2v) is 7.47. The van der Waals surface area contributed by atoms with Gasteiger partial charge in [-0.15, -0.1) is 0 Å². The highest BCUT2D eigenvalue weighted by molar-refractivity contribution is 5.83. The minimum absolute atomic E-state index is 0.0818. The fourth-order valence-electron chi connectivity index (χ4n) is 4.11. The van der Waals surface area contributed by atoms with E-state index in [0.717, 1.165) is 31.4 Å². The first-order valence-electron chi connectivity index (χ1n) is 9.84. The monoisotopic (exact) mass is 361 g/mol. The molecule has 2 aromatic carbocycles. The number of aromatic amines is 1. The molecule has 1 aliphatic heterocycles. The van der Waals surface area contributed by atoms with E-state index in [1.807, 2.05) is 19.2 Å². The van der Waals surface area contributed by atoms with Gasteiger partial charge in [-0.05, 0) is 49.4 Å². The van der Waals surface area contributed by atoms with Crippen molar-refractivity contribution in [3.63, 3.8) is 0 Å². The average molecular weight is 361 g/mol. The van der Waals surface area contributed by atoms with Crippen molar-refractivity contribution in [3.8, 4) is 0 Å². The van der Waals surface area contributed by atoms with Gasteiger partial charge in [0.2, 0.25) is 5.91 Å². The lowest BCUT2D eigenvalue weighted by atomic mass is 9.99. The quantitative estimate of drug-likeness (QED) is 0.703. The minimum atomic E-state index is -0.0818. The van der Waals surface area contributed by atoms with Gasteiger partial charge < -0.3 is 10.3 Å². The zero-order valence-electron chi connectivity index (χ0n) is 15.8. The number of para-hydroxylation sites is 1. The molecule has 2 atom stereocenters. The molecule has 4 heteroatoms. The van der Waals surface area contributed by atoms with Gasteiger partial charge in [-0.2, -0.15) is 0 Å². The Bertz CT molecular complexity index is 902. The number of H-pyrrole nitrogens is 1. The largest absolute Gasteiger partial charge is 0.361 e. The van der Waals surface area contributed by atoms with Gasteiger partial charge in [0.05, 0.1) is 6.04 Å². The number of amides is 1. The number of hydrogen-bond donors (Lipinski definition) is 2. The summed E-state index contributed by atoms with van der Waals surface area (Å²) in [4.78, 5) is 18.2. The smallest absolute Gasteiger partial charge is 0.237 e. The van der Waals surface area contributed by atoms with Gasteiger partial charge in [-0.25, -0.2) is 0 Å². The van der Waals surface area contributed by atoms with Crippen LogP contribution in [0.25, 0.3) is 10.9 Å². The van der Waals surface area contributed by atoms with Crippen molar-refractivity contribution < 1.29 is 4.79 Å². The molecule has 0 aliphatic carbocycles. The number of hydrogen-bond acceptors (Lipinski definition) is 2. The second-order valence-electron chi connectivity index (χ2n) is 7.47. The van der Waals surface area contributed by atoms with E-state index < -0.39 is 0 Å². The number of rotatable bonds is 6. The normalized spacial score (nSPS) is 18.6. The molecule has 2 N–H and O–H groups in total. The summed E-state index contributed by atoms with van der Waals surface area (Å²) in [5, 5.41) is 4.36. The first-order chi connectivity index (χ1) is 13.2. The van der Waals surface area contributed by atoms with E-state index in [1.54, 1.807) is 0 Å². The SMILES string of the molecule is CC(C(=O)NCCc1c[nH]c2ccccc12)N1CCC(c2ccccc2)C1. The van der Waals surface area contributed by atoms with Crippen molar-refractivity contribution in [3.05, 3.63) is 71.9 Å². The lowest BCUT2D eigenvalue weighted by Gasteiger charge is -2.23. The van der Waals surface area contributed by atoms with Crippen LogP contribution in [0.1, 0.15) is 30.4 Å². The number of carbonyl (C=O) groups excluding carboxylic acids is 1. The maximum atomic E-state index is 12.6. The number of carbonyl (C=O) groups is 1. The predicted molar refractivity (Wildman–Crippen MR) is 110 cm³/mol. The molecule has 4 rings (SSSR count). The van der Waals surface area contributed by atoms with Crippen LogP contribution in [0.3, 0.4) is 0 Å². The molecular formula is C23H27N3O. The van der Waals surface area contributed by atoms with Crippen LogP contribution in [0, 0.1) is 0 Å². The summed E-state index contributed by atoms with van der Waals surface area (Å²) in [5.41, 5.74) is 3.78. The fraction of sp³-hybridized carbons (Fsp3) is 0.348. The van der Waals surface area contributed by atoms with Gasteiger partial charge in [0.1, 0.15) is 0 Å². The van der Waals surface area contributed by atoms with Crippen LogP contribution in [-0.4, -0.2) is 41.5 Å². The lowest BCUT2D eigenvalue weighted by Crippen LogP contribution is -2.44. The molecule has 0 radical (unpaired) electrons. The molecule has 27 heavy (non-hydrogen) atoms. The van der Waals surface area contributed by atoms with E-state index in [0.29, 0.717) is 12.5 Å². The minimum Gasteiger partial charge on any atom is -0.361 e. The van der Waals surface area contributed by atoms with Crippen LogP contribution in [0.15, 0.2) is 60.8 Å². The molecule has 1 aliphatic rings. The summed E-state index contributed by atoms with van der Waals surface area (Å²) < 4.78 is 0. The maximum absolute atomic E-state index is 12.6. The summed E-state index contributed by atoms with van der Waals surface area (Å²) in [5.74, 6) is 0.663. The van der Waals surface area contributed by atoms with Crippen LogP contribution in [-0.2, 0) is 11.2 Å². The third-order valence-corrected chi connectivity index (χ3v) is 5.79. The fourth-order valence-corrected chi connectivity index (χ4v) is 4.11. The number of fused-ring (bicyclic) bond motifs is 1. The van der Waals surface area contributed by atoms with E-state index in [2.05, 4.69) is 63.7 Å². The Balaban J connectivity index is 1.28. The zero-order valence-corrected chi connectivity index (χ0v) is 15.8. The van der Waals surface area contributed by atoms with E-state index in [-0.39, 0.29) is 11.9 Å². The summed E-state index contributed by atoms with van der Waals surface area (Å²) in [6.45, 7) is 4.63. The van der Waals surface area contributed by atoms with Crippen molar-refractivity contribution in [2.24, 2.45) is 0 Å². The molecule has 3 aromatic rings. The van der Waals surface area contributed by atoms with Crippen LogP contribution in [0.4, 0.5) is 0 Å². The molecule has 0 spiro atoms. The number of likely N-dealkylation sites (tertiary alicyclic amines) is 1. The second kappa shape index (κ2) is 7.97. The van der Waals surface area contributed by atoms with Gasteiger partial charge >= 0.3 is 0 Å². The Morgan fingerprint density at radius 2 is 1.96 bits per heavy atom. The van der Waals surface area contributed by atoms with Crippen LogP contribution >= 0.6 is 0 Å². The molecule has 0 saturated carbocycles. The third kappa shape index (κ3) is 3.91. The first kappa shape index (κ1) is 17.8. The topological polar surface area (TPSA) is 48.1 Å². The van der Waals surface area contributed by atoms with Gasteiger partial charge in [-0.1, -0.05) is 48.5 Å². The molecule has 2 unspecified atom stereocenters. The van der Waals surface area contributed by atoms with Crippen molar-refractivity contribution in [1.29, 1.82) is 0 Å². The third-order valence-electron chi connectivity index (χ3n) is 5.79. The first-order valence-corrected chi connectivity index (χ1v) is 9.84. The van der Waals surface area contributed by atoms with Crippen molar-refractivity contribution >= 4 is 16.8 Å². The van der Waals surface area contributed by atoms with E-state index in [1.165, 1.54) is 16.5 Å². The molecule has 0 bridgehead atoms. The Morgan fingerprint density at radius 3 is 2.81 bits per heavy atom. The number of nitrogens with zero attached hydrogens (tertiary/aromatic N) is 1. The van der Waals surface area contributed by atoms with E-state index >= 15 is 0 Å². The molecule has 1 amide bonds. The molecule has 1 fully saturated rings. The molecule has 1 saturated heterocycles. The number of nitrogens with one attached hydrogen (secondary N) is 2. The highest BCUT2D eigenvalue weighted by atomic mass is 16.2. The highest BCUT2D eigenvalue weighted by Gasteiger charge is 2.30. The summed E-state index contributed by atoms with van der Waals surface area (Å²) >= 11 is 0. The molecule has 1 aromatic heterocycles. The van der Waals surface area contributed by atoms with E-state index in [9.17, 15) is 4.79 Å². The number of benzene rings is 2. The highest BCUT2D eigenvalue weighted by Crippen LogP contribution is 2.28. The summed E-state index contributed by atoms with van der Waals surface area (Å²) in [6.07, 6.45) is 4.01. The lowest BCUT2D eigenvalue weighted by molar-refractivity contribution is -0.125. The van der Waals surface area contributed by atoms with Gasteiger partial charge in [0.15, 0.2) is 0 Å².